The van der Waals surface area contributed by atoms with E-state index in [4.69, 9.17) is 6.42 Å². The molecule has 1 aliphatic rings. The summed E-state index contributed by atoms with van der Waals surface area (Å²) < 4.78 is 25.1. The summed E-state index contributed by atoms with van der Waals surface area (Å²) in [6, 6.07) is 0. The van der Waals surface area contributed by atoms with Gasteiger partial charge in [-0.1, -0.05) is 25.2 Å². The van der Waals surface area contributed by atoms with E-state index in [9.17, 15) is 8.42 Å². The molecule has 0 heterocycles. The Bertz CT molecular complexity index is 310. The lowest BCUT2D eigenvalue weighted by atomic mass is 10.0. The number of hydrogen-bond donors (Lipinski definition) is 0. The second kappa shape index (κ2) is 4.81. The van der Waals surface area contributed by atoms with Crippen LogP contribution in [0.5, 0.6) is 0 Å². The minimum absolute atomic E-state index is 0.179. The van der Waals surface area contributed by atoms with E-state index in [1.807, 2.05) is 0 Å². The molecule has 0 amide bonds. The Morgan fingerprint density at radius 1 is 1.36 bits per heavy atom. The van der Waals surface area contributed by atoms with E-state index in [1.54, 1.807) is 7.05 Å². The molecule has 1 fully saturated rings. The predicted octanol–water partition coefficient (Wildman–Crippen LogP) is 1.21. The van der Waals surface area contributed by atoms with Gasteiger partial charge in [0.25, 0.3) is 0 Å². The fourth-order valence-corrected chi connectivity index (χ4v) is 3.53. The highest BCUT2D eigenvalue weighted by atomic mass is 32.2. The Morgan fingerprint density at radius 3 is 2.43 bits per heavy atom. The lowest BCUT2D eigenvalue weighted by Gasteiger charge is -2.25. The molecule has 80 valence electrons. The first-order valence-electron chi connectivity index (χ1n) is 4.97. The summed E-state index contributed by atoms with van der Waals surface area (Å²) in [5.74, 6) is 2.36. The third kappa shape index (κ3) is 2.49. The molecule has 0 radical (unpaired) electrons. The maximum absolute atomic E-state index is 11.9. The zero-order valence-electron chi connectivity index (χ0n) is 8.57. The van der Waals surface area contributed by atoms with Gasteiger partial charge in [-0.15, -0.1) is 6.42 Å². The molecule has 0 aliphatic heterocycles. The number of nitrogens with zero attached hydrogens (tertiary/aromatic N) is 1. The molecule has 0 aromatic rings. The van der Waals surface area contributed by atoms with Crippen LogP contribution in [0, 0.1) is 12.3 Å². The highest BCUT2D eigenvalue weighted by molar-refractivity contribution is 7.89. The van der Waals surface area contributed by atoms with Crippen LogP contribution >= 0.6 is 0 Å². The summed E-state index contributed by atoms with van der Waals surface area (Å²) in [6.07, 6.45) is 9.88. The van der Waals surface area contributed by atoms with Crippen molar-refractivity contribution < 1.29 is 8.42 Å². The molecular formula is C10H17NO2S. The van der Waals surface area contributed by atoms with Crippen molar-refractivity contribution in [1.29, 1.82) is 0 Å². The van der Waals surface area contributed by atoms with E-state index >= 15 is 0 Å². The molecular weight excluding hydrogens is 198 g/mol. The lowest BCUT2D eigenvalue weighted by molar-refractivity contribution is 0.442. The van der Waals surface area contributed by atoms with Crippen LogP contribution in [0.1, 0.15) is 32.1 Å². The smallest absolute Gasteiger partial charge is 0.212 e. The molecule has 1 saturated carbocycles. The molecule has 0 aromatic heterocycles. The van der Waals surface area contributed by atoms with Crippen molar-refractivity contribution in [3.63, 3.8) is 0 Å². The van der Waals surface area contributed by atoms with E-state index in [-0.39, 0.29) is 11.8 Å². The summed E-state index contributed by atoms with van der Waals surface area (Å²) in [5, 5.41) is -0.199. The highest BCUT2D eigenvalue weighted by Crippen LogP contribution is 2.25. The van der Waals surface area contributed by atoms with Crippen LogP contribution in [-0.2, 0) is 10.0 Å². The van der Waals surface area contributed by atoms with Gasteiger partial charge in [0.05, 0.1) is 11.8 Å². The minimum atomic E-state index is -3.13. The summed E-state index contributed by atoms with van der Waals surface area (Å²) in [4.78, 5) is 0. The highest BCUT2D eigenvalue weighted by Gasteiger charge is 2.30. The quantitative estimate of drug-likeness (QED) is 0.664. The Kier molecular flexibility index (Phi) is 3.97. The normalized spacial score (nSPS) is 19.5. The average Bonchev–Trinajstić information content (AvgIpc) is 2.19. The van der Waals surface area contributed by atoms with Gasteiger partial charge in [-0.2, -0.15) is 4.31 Å². The van der Waals surface area contributed by atoms with Crippen LogP contribution in [0.25, 0.3) is 0 Å². The predicted molar refractivity (Wildman–Crippen MR) is 57.3 cm³/mol. The van der Waals surface area contributed by atoms with Crippen LogP contribution in [0.3, 0.4) is 0 Å². The molecule has 0 aromatic carbocycles. The van der Waals surface area contributed by atoms with Gasteiger partial charge in [-0.25, -0.2) is 8.42 Å². The zero-order chi connectivity index (χ0) is 10.6. The Labute approximate surface area is 86.5 Å². The number of rotatable bonds is 3. The van der Waals surface area contributed by atoms with Crippen LogP contribution in [0.4, 0.5) is 0 Å². The van der Waals surface area contributed by atoms with Gasteiger partial charge in [0, 0.05) is 7.05 Å². The van der Waals surface area contributed by atoms with E-state index in [1.165, 1.54) is 4.31 Å². The SMILES string of the molecule is C#CCN(C)S(=O)(=O)C1CCCCC1. The fourth-order valence-electron chi connectivity index (χ4n) is 1.84. The Balaban J connectivity index is 2.68. The maximum atomic E-state index is 11.9. The molecule has 0 N–H and O–H groups in total. The van der Waals surface area contributed by atoms with Crippen molar-refractivity contribution in [1.82, 2.24) is 4.31 Å². The van der Waals surface area contributed by atoms with Gasteiger partial charge in [0.15, 0.2) is 0 Å². The van der Waals surface area contributed by atoms with Gasteiger partial charge in [-0.3, -0.25) is 0 Å². The van der Waals surface area contributed by atoms with E-state index in [0.29, 0.717) is 0 Å². The Morgan fingerprint density at radius 2 is 1.93 bits per heavy atom. The summed E-state index contributed by atoms with van der Waals surface area (Å²) in [7, 11) is -1.57. The van der Waals surface area contributed by atoms with Crippen molar-refractivity contribution in [2.45, 2.75) is 37.4 Å². The molecule has 4 heteroatoms. The monoisotopic (exact) mass is 215 g/mol. The standard InChI is InChI=1S/C10H17NO2S/c1-3-9-11(2)14(12,13)10-7-5-4-6-8-10/h1,10H,4-9H2,2H3. The maximum Gasteiger partial charge on any atom is 0.217 e. The van der Waals surface area contributed by atoms with Crippen molar-refractivity contribution >= 4 is 10.0 Å². The zero-order valence-corrected chi connectivity index (χ0v) is 9.39. The first-order chi connectivity index (χ1) is 6.59. The van der Waals surface area contributed by atoms with Crippen LogP contribution in [-0.4, -0.2) is 31.6 Å². The van der Waals surface area contributed by atoms with Crippen molar-refractivity contribution in [3.05, 3.63) is 0 Å². The average molecular weight is 215 g/mol. The summed E-state index contributed by atoms with van der Waals surface area (Å²) in [5.41, 5.74) is 0. The molecule has 1 aliphatic carbocycles. The molecule has 14 heavy (non-hydrogen) atoms. The third-order valence-corrected chi connectivity index (χ3v) is 5.03. The molecule has 1 rings (SSSR count). The second-order valence-corrected chi connectivity index (χ2v) is 6.09. The molecule has 0 spiro atoms. The largest absolute Gasteiger partial charge is 0.217 e. The molecule has 0 saturated heterocycles. The van der Waals surface area contributed by atoms with Gasteiger partial charge in [0.2, 0.25) is 10.0 Å². The Hall–Kier alpha value is -0.530. The third-order valence-electron chi connectivity index (χ3n) is 2.72. The number of sulfonamides is 1. The van der Waals surface area contributed by atoms with E-state index in [0.717, 1.165) is 32.1 Å². The van der Waals surface area contributed by atoms with Gasteiger partial charge in [-0.05, 0) is 12.8 Å². The molecule has 0 unspecified atom stereocenters. The van der Waals surface area contributed by atoms with Crippen molar-refractivity contribution in [2.24, 2.45) is 0 Å². The minimum Gasteiger partial charge on any atom is -0.212 e. The fraction of sp³-hybridized carbons (Fsp3) is 0.800. The molecule has 3 nitrogen and oxygen atoms in total. The van der Waals surface area contributed by atoms with Gasteiger partial charge in [0.1, 0.15) is 0 Å². The second-order valence-electron chi connectivity index (χ2n) is 3.77. The summed E-state index contributed by atoms with van der Waals surface area (Å²) >= 11 is 0. The van der Waals surface area contributed by atoms with Crippen molar-refractivity contribution in [2.75, 3.05) is 13.6 Å². The molecule has 0 atom stereocenters. The lowest BCUT2D eigenvalue weighted by Crippen LogP contribution is -2.37. The van der Waals surface area contributed by atoms with Crippen LogP contribution < -0.4 is 0 Å². The molecule has 0 bridgehead atoms. The van der Waals surface area contributed by atoms with E-state index < -0.39 is 10.0 Å². The van der Waals surface area contributed by atoms with Crippen molar-refractivity contribution in [3.8, 4) is 12.3 Å². The number of terminal acetylenes is 1. The number of hydrogen-bond acceptors (Lipinski definition) is 2. The van der Waals surface area contributed by atoms with Crippen LogP contribution in [0.15, 0.2) is 0 Å². The van der Waals surface area contributed by atoms with Crippen LogP contribution in [0.2, 0.25) is 0 Å². The first-order valence-corrected chi connectivity index (χ1v) is 6.48. The first kappa shape index (κ1) is 11.5. The van der Waals surface area contributed by atoms with Gasteiger partial charge < -0.3 is 0 Å². The summed E-state index contributed by atoms with van der Waals surface area (Å²) in [6.45, 7) is 0.179. The topological polar surface area (TPSA) is 37.4 Å². The van der Waals surface area contributed by atoms with E-state index in [2.05, 4.69) is 5.92 Å². The van der Waals surface area contributed by atoms with Gasteiger partial charge >= 0.3 is 0 Å².